The predicted molar refractivity (Wildman–Crippen MR) is 107 cm³/mol. The fourth-order valence-corrected chi connectivity index (χ4v) is 4.09. The topological polar surface area (TPSA) is 63.7 Å². The van der Waals surface area contributed by atoms with Crippen molar-refractivity contribution in [2.75, 3.05) is 18.3 Å². The first-order valence-corrected chi connectivity index (χ1v) is 11.1. The van der Waals surface area contributed by atoms with Gasteiger partial charge in [0.2, 0.25) is 0 Å². The number of benzene rings is 2. The second-order valence-corrected chi connectivity index (χ2v) is 9.36. The van der Waals surface area contributed by atoms with Crippen LogP contribution < -0.4 is 9.64 Å². The van der Waals surface area contributed by atoms with E-state index in [1.165, 1.54) is 6.26 Å². The van der Waals surface area contributed by atoms with E-state index in [-0.39, 0.29) is 17.7 Å². The monoisotopic (exact) mass is 387 g/mol. The van der Waals surface area contributed by atoms with Crippen LogP contribution in [0.15, 0.2) is 48.5 Å². The maximum absolute atomic E-state index is 13.3. The van der Waals surface area contributed by atoms with Crippen molar-refractivity contribution in [3.8, 4) is 5.75 Å². The van der Waals surface area contributed by atoms with E-state index >= 15 is 0 Å². The summed E-state index contributed by atoms with van der Waals surface area (Å²) in [5.74, 6) is 1.04. The van der Waals surface area contributed by atoms with Crippen molar-refractivity contribution >= 4 is 21.4 Å². The maximum Gasteiger partial charge on any atom is 0.258 e. The van der Waals surface area contributed by atoms with Gasteiger partial charge in [-0.15, -0.1) is 0 Å². The van der Waals surface area contributed by atoms with Gasteiger partial charge in [-0.2, -0.15) is 0 Å². The summed E-state index contributed by atoms with van der Waals surface area (Å²) >= 11 is 0. The van der Waals surface area contributed by atoms with Crippen LogP contribution in [0.1, 0.15) is 35.7 Å². The number of anilines is 1. The summed E-state index contributed by atoms with van der Waals surface area (Å²) < 4.78 is 28.4. The largest absolute Gasteiger partial charge is 0.497 e. The summed E-state index contributed by atoms with van der Waals surface area (Å²) in [5.41, 5.74) is 1.94. The van der Waals surface area contributed by atoms with Crippen molar-refractivity contribution in [1.29, 1.82) is 0 Å². The fraction of sp³-hybridized carbons (Fsp3) is 0.381. The Hall–Kier alpha value is -2.34. The molecule has 3 rings (SSSR count). The van der Waals surface area contributed by atoms with Gasteiger partial charge >= 0.3 is 0 Å². The molecule has 27 heavy (non-hydrogen) atoms. The lowest BCUT2D eigenvalue weighted by Gasteiger charge is -2.30. The Labute approximate surface area is 160 Å². The SMILES string of the molecule is COc1ccc(N(C(=O)c2cccc(CS(C)(=O)=O)c2)C(C)C2CC2)cc1. The molecule has 1 amide bonds. The van der Waals surface area contributed by atoms with Gasteiger partial charge in [0.25, 0.3) is 5.91 Å². The number of carbonyl (C=O) groups excluding carboxylic acids is 1. The molecule has 0 aliphatic heterocycles. The van der Waals surface area contributed by atoms with E-state index < -0.39 is 9.84 Å². The maximum atomic E-state index is 13.3. The van der Waals surface area contributed by atoms with Crippen molar-refractivity contribution in [1.82, 2.24) is 0 Å². The number of nitrogens with zero attached hydrogens (tertiary/aromatic N) is 1. The third-order valence-corrected chi connectivity index (χ3v) is 5.74. The van der Waals surface area contributed by atoms with Gasteiger partial charge in [-0.05, 0) is 67.6 Å². The molecule has 0 saturated heterocycles. The number of ether oxygens (including phenoxy) is 1. The average molecular weight is 388 g/mol. The second kappa shape index (κ2) is 7.72. The van der Waals surface area contributed by atoms with Gasteiger partial charge in [-0.1, -0.05) is 12.1 Å². The molecule has 2 aromatic carbocycles. The van der Waals surface area contributed by atoms with E-state index in [9.17, 15) is 13.2 Å². The standard InChI is InChI=1S/C21H25NO4S/c1-15(17-7-8-17)22(19-9-11-20(26-2)12-10-19)21(23)18-6-4-5-16(13-18)14-27(3,24)25/h4-6,9-13,15,17H,7-8,14H2,1-3H3. The van der Waals surface area contributed by atoms with Crippen LogP contribution >= 0.6 is 0 Å². The van der Waals surface area contributed by atoms with E-state index in [2.05, 4.69) is 6.92 Å². The van der Waals surface area contributed by atoms with Crippen molar-refractivity contribution in [3.05, 3.63) is 59.7 Å². The van der Waals surface area contributed by atoms with Crippen molar-refractivity contribution in [2.45, 2.75) is 31.6 Å². The van der Waals surface area contributed by atoms with Crippen LogP contribution in [0.3, 0.4) is 0 Å². The lowest BCUT2D eigenvalue weighted by Crippen LogP contribution is -2.40. The molecule has 1 unspecified atom stereocenters. The molecule has 6 heteroatoms. The first-order valence-electron chi connectivity index (χ1n) is 9.03. The Balaban J connectivity index is 1.94. The highest BCUT2D eigenvalue weighted by Gasteiger charge is 2.35. The molecule has 1 aliphatic rings. The van der Waals surface area contributed by atoms with E-state index in [4.69, 9.17) is 4.74 Å². The first-order chi connectivity index (χ1) is 12.8. The first kappa shape index (κ1) is 19.4. The average Bonchev–Trinajstić information content (AvgIpc) is 3.46. The Bertz CT molecular complexity index is 917. The number of hydrogen-bond acceptors (Lipinski definition) is 4. The van der Waals surface area contributed by atoms with E-state index in [0.29, 0.717) is 17.0 Å². The molecule has 0 radical (unpaired) electrons. The Morgan fingerprint density at radius 1 is 1.19 bits per heavy atom. The molecule has 0 heterocycles. The van der Waals surface area contributed by atoms with E-state index in [1.54, 1.807) is 31.4 Å². The molecule has 0 spiro atoms. The third kappa shape index (κ3) is 4.89. The van der Waals surface area contributed by atoms with Gasteiger partial charge < -0.3 is 9.64 Å². The minimum atomic E-state index is -3.16. The minimum absolute atomic E-state index is 0.0736. The summed E-state index contributed by atoms with van der Waals surface area (Å²) in [6.07, 6.45) is 3.44. The number of amides is 1. The Kier molecular flexibility index (Phi) is 5.56. The van der Waals surface area contributed by atoms with Gasteiger partial charge in [-0.25, -0.2) is 8.42 Å². The Morgan fingerprint density at radius 3 is 2.41 bits per heavy atom. The molecule has 1 fully saturated rings. The third-order valence-electron chi connectivity index (χ3n) is 4.88. The van der Waals surface area contributed by atoms with Crippen LogP contribution in [0.5, 0.6) is 5.75 Å². The molecule has 0 bridgehead atoms. The lowest BCUT2D eigenvalue weighted by atomic mass is 10.1. The zero-order chi connectivity index (χ0) is 19.6. The summed E-state index contributed by atoms with van der Waals surface area (Å²) in [5, 5.41) is 0. The van der Waals surface area contributed by atoms with Gasteiger partial charge in [-0.3, -0.25) is 4.79 Å². The number of hydrogen-bond donors (Lipinski definition) is 0. The Morgan fingerprint density at radius 2 is 1.85 bits per heavy atom. The zero-order valence-electron chi connectivity index (χ0n) is 15.9. The number of carbonyl (C=O) groups is 1. The molecule has 1 aliphatic carbocycles. The van der Waals surface area contributed by atoms with Gasteiger partial charge in [0.05, 0.1) is 12.9 Å². The smallest absolute Gasteiger partial charge is 0.258 e. The molecule has 1 saturated carbocycles. The molecular weight excluding hydrogens is 362 g/mol. The highest BCUT2D eigenvalue weighted by atomic mass is 32.2. The number of sulfone groups is 1. The van der Waals surface area contributed by atoms with Crippen LogP contribution in [0.2, 0.25) is 0 Å². The normalized spacial score (nSPS) is 15.2. The quantitative estimate of drug-likeness (QED) is 0.727. The highest BCUT2D eigenvalue weighted by molar-refractivity contribution is 7.89. The molecule has 144 valence electrons. The molecule has 0 N–H and O–H groups in total. The summed E-state index contributed by atoms with van der Waals surface area (Å²) in [6.45, 7) is 2.07. The van der Waals surface area contributed by atoms with Crippen molar-refractivity contribution < 1.29 is 17.9 Å². The molecule has 1 atom stereocenters. The van der Waals surface area contributed by atoms with Gasteiger partial charge in [0.1, 0.15) is 5.75 Å². The highest BCUT2D eigenvalue weighted by Crippen LogP contribution is 2.38. The molecular formula is C21H25NO4S. The van der Waals surface area contributed by atoms with Gasteiger partial charge in [0, 0.05) is 23.5 Å². The van der Waals surface area contributed by atoms with E-state index in [1.807, 2.05) is 29.2 Å². The molecule has 5 nitrogen and oxygen atoms in total. The summed E-state index contributed by atoms with van der Waals surface area (Å²) in [7, 11) is -1.55. The molecule has 0 aromatic heterocycles. The van der Waals surface area contributed by atoms with Crippen molar-refractivity contribution in [3.63, 3.8) is 0 Å². The van der Waals surface area contributed by atoms with Crippen molar-refractivity contribution in [2.24, 2.45) is 5.92 Å². The van der Waals surface area contributed by atoms with Gasteiger partial charge in [0.15, 0.2) is 9.84 Å². The van der Waals surface area contributed by atoms with Crippen LogP contribution in [0, 0.1) is 5.92 Å². The molecule has 2 aromatic rings. The van der Waals surface area contributed by atoms with Crippen LogP contribution in [0.25, 0.3) is 0 Å². The number of methoxy groups -OCH3 is 1. The van der Waals surface area contributed by atoms with Crippen LogP contribution in [0.4, 0.5) is 5.69 Å². The lowest BCUT2D eigenvalue weighted by molar-refractivity contribution is 0.0975. The predicted octanol–water partition coefficient (Wildman–Crippen LogP) is 3.69. The summed E-state index contributed by atoms with van der Waals surface area (Å²) in [4.78, 5) is 15.2. The fourth-order valence-electron chi connectivity index (χ4n) is 3.31. The second-order valence-electron chi connectivity index (χ2n) is 7.22. The number of rotatable bonds is 7. The van der Waals surface area contributed by atoms with E-state index in [0.717, 1.165) is 24.3 Å². The van der Waals surface area contributed by atoms with Crippen LogP contribution in [-0.4, -0.2) is 33.7 Å². The van der Waals surface area contributed by atoms with Crippen LogP contribution in [-0.2, 0) is 15.6 Å². The minimum Gasteiger partial charge on any atom is -0.497 e. The summed E-state index contributed by atoms with van der Waals surface area (Å²) in [6, 6.07) is 14.4. The zero-order valence-corrected chi connectivity index (χ0v) is 16.7.